The maximum absolute atomic E-state index is 5.65. The van der Waals surface area contributed by atoms with Gasteiger partial charge in [0.15, 0.2) is 0 Å². The molecule has 0 N–H and O–H groups in total. The molecule has 0 spiro atoms. The summed E-state index contributed by atoms with van der Waals surface area (Å²) >= 11 is 5.65. The molecule has 0 saturated carbocycles. The van der Waals surface area contributed by atoms with Gasteiger partial charge in [-0.25, -0.2) is 0 Å². The van der Waals surface area contributed by atoms with E-state index in [0.717, 1.165) is 13.0 Å². The summed E-state index contributed by atoms with van der Waals surface area (Å²) in [6.07, 6.45) is 4.23. The van der Waals surface area contributed by atoms with Gasteiger partial charge in [0.2, 0.25) is 5.89 Å². The van der Waals surface area contributed by atoms with E-state index >= 15 is 0 Å². The summed E-state index contributed by atoms with van der Waals surface area (Å²) in [5.74, 6) is 1.13. The molecule has 5 heteroatoms. The van der Waals surface area contributed by atoms with Gasteiger partial charge in [-0.15, -0.1) is 16.7 Å². The fourth-order valence-electron chi connectivity index (χ4n) is 1.65. The highest BCUT2D eigenvalue weighted by Gasteiger charge is 2.16. The summed E-state index contributed by atoms with van der Waals surface area (Å²) in [4.78, 5) is 2.15. The molecule has 0 aliphatic rings. The fourth-order valence-corrected chi connectivity index (χ4v) is 1.81. The lowest BCUT2D eigenvalue weighted by Crippen LogP contribution is -2.32. The average molecular weight is 260 g/mol. The van der Waals surface area contributed by atoms with Crippen molar-refractivity contribution in [1.82, 2.24) is 10.2 Å². The molecule has 4 nitrogen and oxygen atoms in total. The molecule has 0 aliphatic heterocycles. The molecular weight excluding hydrogens is 238 g/mol. The van der Waals surface area contributed by atoms with Crippen LogP contribution in [0.3, 0.4) is 0 Å². The van der Waals surface area contributed by atoms with Gasteiger partial charge < -0.3 is 9.32 Å². The zero-order valence-electron chi connectivity index (χ0n) is 10.9. The van der Waals surface area contributed by atoms with E-state index in [9.17, 15) is 0 Å². The predicted molar refractivity (Wildman–Crippen MR) is 70.7 cm³/mol. The van der Waals surface area contributed by atoms with Crippen LogP contribution in [-0.4, -0.2) is 28.7 Å². The van der Waals surface area contributed by atoms with E-state index in [-0.39, 0.29) is 0 Å². The second-order valence-corrected chi connectivity index (χ2v) is 4.79. The van der Waals surface area contributed by atoms with Crippen molar-refractivity contribution in [3.05, 3.63) is 5.89 Å². The summed E-state index contributed by atoms with van der Waals surface area (Å²) < 4.78 is 5.60. The van der Waals surface area contributed by atoms with E-state index in [1.807, 2.05) is 0 Å². The third-order valence-corrected chi connectivity index (χ3v) is 2.83. The highest BCUT2D eigenvalue weighted by Crippen LogP contribution is 2.16. The molecule has 0 aliphatic carbocycles. The lowest BCUT2D eigenvalue weighted by Gasteiger charge is -2.24. The molecule has 0 radical (unpaired) electrons. The van der Waals surface area contributed by atoms with E-state index in [2.05, 4.69) is 35.9 Å². The van der Waals surface area contributed by atoms with Gasteiger partial charge in [0.05, 0.1) is 0 Å². The summed E-state index contributed by atoms with van der Waals surface area (Å²) in [6, 6.07) is 0.993. The third-order valence-electron chi connectivity index (χ3n) is 2.64. The molecule has 0 atom stereocenters. The summed E-state index contributed by atoms with van der Waals surface area (Å²) in [7, 11) is 0. The van der Waals surface area contributed by atoms with Crippen molar-refractivity contribution < 1.29 is 4.42 Å². The lowest BCUT2D eigenvalue weighted by atomic mass is 10.2. The first-order chi connectivity index (χ1) is 8.19. The molecule has 17 heavy (non-hydrogen) atoms. The number of nitrogens with zero attached hydrogens (tertiary/aromatic N) is 3. The molecule has 0 fully saturated rings. The summed E-state index contributed by atoms with van der Waals surface area (Å²) in [6.45, 7) is 7.44. The minimum Gasteiger partial charge on any atom is -0.408 e. The van der Waals surface area contributed by atoms with Gasteiger partial charge >= 0.3 is 6.01 Å². The first-order valence-corrected chi connectivity index (χ1v) is 6.87. The van der Waals surface area contributed by atoms with Crippen LogP contribution < -0.4 is 4.90 Å². The highest BCUT2D eigenvalue weighted by molar-refractivity contribution is 6.17. The van der Waals surface area contributed by atoms with Crippen LogP contribution in [0.5, 0.6) is 0 Å². The lowest BCUT2D eigenvalue weighted by molar-refractivity contribution is 0.470. The molecule has 1 rings (SSSR count). The summed E-state index contributed by atoms with van der Waals surface area (Å²) in [5.41, 5.74) is 0. The molecule has 1 aromatic heterocycles. The van der Waals surface area contributed by atoms with Gasteiger partial charge in [-0.3, -0.25) is 0 Å². The molecular formula is C12H22ClN3O. The van der Waals surface area contributed by atoms with Gasteiger partial charge in [0.1, 0.15) is 0 Å². The Morgan fingerprint density at radius 1 is 1.29 bits per heavy atom. The number of anilines is 1. The standard InChI is InChI=1S/C12H22ClN3O/c1-4-5-6-9-16(10(2)3)12-15-14-11(17-12)7-8-13/h10H,4-9H2,1-3H3. The van der Waals surface area contributed by atoms with Gasteiger partial charge in [-0.2, -0.15) is 0 Å². The number of rotatable bonds is 8. The molecule has 98 valence electrons. The Bertz CT molecular complexity index is 314. The second-order valence-electron chi connectivity index (χ2n) is 4.41. The number of alkyl halides is 1. The van der Waals surface area contributed by atoms with Crippen molar-refractivity contribution >= 4 is 17.6 Å². The van der Waals surface area contributed by atoms with Crippen LogP contribution in [0.1, 0.15) is 45.9 Å². The van der Waals surface area contributed by atoms with Crippen molar-refractivity contribution in [3.63, 3.8) is 0 Å². The van der Waals surface area contributed by atoms with E-state index in [1.165, 1.54) is 12.8 Å². The number of aromatic nitrogens is 2. The number of unbranched alkanes of at least 4 members (excludes halogenated alkanes) is 2. The quantitative estimate of drug-likeness (QED) is 0.531. The molecule has 1 heterocycles. The minimum atomic E-state index is 0.371. The number of hydrogen-bond acceptors (Lipinski definition) is 4. The largest absolute Gasteiger partial charge is 0.408 e. The minimum absolute atomic E-state index is 0.371. The molecule has 0 amide bonds. The van der Waals surface area contributed by atoms with Gasteiger partial charge in [0.25, 0.3) is 0 Å². The van der Waals surface area contributed by atoms with Crippen LogP contribution in [0, 0.1) is 0 Å². The zero-order chi connectivity index (χ0) is 12.7. The number of hydrogen-bond donors (Lipinski definition) is 0. The van der Waals surface area contributed by atoms with Gasteiger partial charge in [0, 0.05) is 24.9 Å². The smallest absolute Gasteiger partial charge is 0.318 e. The highest BCUT2D eigenvalue weighted by atomic mass is 35.5. The molecule has 0 saturated heterocycles. The molecule has 0 bridgehead atoms. The van der Waals surface area contributed by atoms with Gasteiger partial charge in [-0.05, 0) is 20.3 Å². The second kappa shape index (κ2) is 7.54. The average Bonchev–Trinajstić information content (AvgIpc) is 2.73. The van der Waals surface area contributed by atoms with Gasteiger partial charge in [-0.1, -0.05) is 24.9 Å². The Hall–Kier alpha value is -0.770. The van der Waals surface area contributed by atoms with E-state index < -0.39 is 0 Å². The Labute approximate surface area is 108 Å². The van der Waals surface area contributed by atoms with Crippen molar-refractivity contribution in [2.24, 2.45) is 0 Å². The number of aryl methyl sites for hydroxylation is 1. The van der Waals surface area contributed by atoms with E-state index in [0.29, 0.717) is 30.2 Å². The van der Waals surface area contributed by atoms with Crippen molar-refractivity contribution in [2.75, 3.05) is 17.3 Å². The molecule has 0 aromatic carbocycles. The number of halogens is 1. The van der Waals surface area contributed by atoms with Crippen LogP contribution in [0.15, 0.2) is 4.42 Å². The first kappa shape index (κ1) is 14.3. The van der Waals surface area contributed by atoms with Crippen LogP contribution in [0.2, 0.25) is 0 Å². The maximum atomic E-state index is 5.65. The van der Waals surface area contributed by atoms with E-state index in [1.54, 1.807) is 0 Å². The van der Waals surface area contributed by atoms with Crippen LogP contribution in [0.4, 0.5) is 6.01 Å². The Kier molecular flexibility index (Phi) is 6.34. The Morgan fingerprint density at radius 2 is 2.06 bits per heavy atom. The molecule has 1 aromatic rings. The normalized spacial score (nSPS) is 11.1. The van der Waals surface area contributed by atoms with Crippen molar-refractivity contribution in [3.8, 4) is 0 Å². The predicted octanol–water partition coefficient (Wildman–Crippen LogP) is 3.26. The zero-order valence-corrected chi connectivity index (χ0v) is 11.7. The maximum Gasteiger partial charge on any atom is 0.318 e. The van der Waals surface area contributed by atoms with Crippen LogP contribution in [0.25, 0.3) is 0 Å². The van der Waals surface area contributed by atoms with Crippen molar-refractivity contribution in [1.29, 1.82) is 0 Å². The molecule has 0 unspecified atom stereocenters. The third kappa shape index (κ3) is 4.54. The van der Waals surface area contributed by atoms with E-state index in [4.69, 9.17) is 16.0 Å². The van der Waals surface area contributed by atoms with Crippen LogP contribution >= 0.6 is 11.6 Å². The SMILES string of the molecule is CCCCCN(c1nnc(CCCl)o1)C(C)C. The topological polar surface area (TPSA) is 42.2 Å². The Balaban J connectivity index is 2.61. The Morgan fingerprint density at radius 3 is 2.65 bits per heavy atom. The van der Waals surface area contributed by atoms with Crippen molar-refractivity contribution in [2.45, 2.75) is 52.5 Å². The van der Waals surface area contributed by atoms with Crippen LogP contribution in [-0.2, 0) is 6.42 Å². The summed E-state index contributed by atoms with van der Waals surface area (Å²) in [5, 5.41) is 8.08. The monoisotopic (exact) mass is 259 g/mol. The first-order valence-electron chi connectivity index (χ1n) is 6.34. The fraction of sp³-hybridized carbons (Fsp3) is 0.833.